The molecule has 0 N–H and O–H groups in total. The smallest absolute Gasteiger partial charge is 0.0540 e. The standard InChI is InChI=1S/C61H45N/c1-61(2)57-41-48(39-40-54(57)56-33-18-32-55(60(56)61)53-29-13-12-27-49(53)42-19-6-3-7-20-42)62(58-34-15-14-28-50(58)43-21-8-4-9-22-43)47-37-35-45(36-38-47)52-31-17-26-46-25-16-30-51(59(46)52)44-23-10-5-11-24-44/h3-41H,1-2H3. The van der Waals surface area contributed by atoms with Crippen molar-refractivity contribution in [2.45, 2.75) is 19.3 Å². The third kappa shape index (κ3) is 6.33. The van der Waals surface area contributed by atoms with Gasteiger partial charge in [0.2, 0.25) is 0 Å². The second-order valence-electron chi connectivity index (χ2n) is 16.8. The molecule has 1 aliphatic rings. The van der Waals surface area contributed by atoms with E-state index in [9.17, 15) is 0 Å². The summed E-state index contributed by atoms with van der Waals surface area (Å²) in [4.78, 5) is 2.45. The molecule has 1 aliphatic carbocycles. The van der Waals surface area contributed by atoms with Gasteiger partial charge in [-0.05, 0) is 113 Å². The van der Waals surface area contributed by atoms with Gasteiger partial charge in [0.15, 0.2) is 0 Å². The third-order valence-electron chi connectivity index (χ3n) is 12.9. The summed E-state index contributed by atoms with van der Waals surface area (Å²) < 4.78 is 0. The zero-order valence-electron chi connectivity index (χ0n) is 35.0. The first kappa shape index (κ1) is 37.3. The summed E-state index contributed by atoms with van der Waals surface area (Å²) in [5, 5.41) is 2.51. The fraction of sp³-hybridized carbons (Fsp3) is 0.0492. The predicted octanol–water partition coefficient (Wildman–Crippen LogP) is 17.0. The highest BCUT2D eigenvalue weighted by Crippen LogP contribution is 2.55. The van der Waals surface area contributed by atoms with Crippen molar-refractivity contribution in [1.82, 2.24) is 0 Å². The van der Waals surface area contributed by atoms with E-state index in [1.807, 2.05) is 0 Å². The van der Waals surface area contributed by atoms with Crippen LogP contribution in [0.5, 0.6) is 0 Å². The SMILES string of the molecule is CC1(C)c2cc(N(c3ccc(-c4cccc5cccc(-c6ccccc6)c45)cc3)c3ccccc3-c3ccccc3)ccc2-c2cccc(-c3ccccc3-c3ccccc3)c21. The minimum atomic E-state index is -0.264. The molecular weight excluding hydrogens is 747 g/mol. The van der Waals surface area contributed by atoms with Gasteiger partial charge in [0, 0.05) is 22.4 Å². The summed E-state index contributed by atoms with van der Waals surface area (Å²) in [6.07, 6.45) is 0. The van der Waals surface area contributed by atoms with E-state index in [1.165, 1.54) is 88.7 Å². The molecule has 0 fully saturated rings. The molecule has 10 aromatic rings. The van der Waals surface area contributed by atoms with E-state index in [-0.39, 0.29) is 5.41 Å². The molecule has 1 heteroatoms. The minimum absolute atomic E-state index is 0.264. The first-order valence-corrected chi connectivity index (χ1v) is 21.6. The monoisotopic (exact) mass is 791 g/mol. The van der Waals surface area contributed by atoms with Gasteiger partial charge in [-0.1, -0.05) is 220 Å². The lowest BCUT2D eigenvalue weighted by Gasteiger charge is -2.30. The Hall–Kier alpha value is -7.74. The highest BCUT2D eigenvalue weighted by Gasteiger charge is 2.38. The molecular formula is C61H45N. The van der Waals surface area contributed by atoms with E-state index in [1.54, 1.807) is 0 Å². The Morgan fingerprint density at radius 2 is 0.742 bits per heavy atom. The molecule has 0 unspecified atom stereocenters. The zero-order chi connectivity index (χ0) is 41.6. The minimum Gasteiger partial charge on any atom is -0.310 e. The molecule has 0 aliphatic heterocycles. The van der Waals surface area contributed by atoms with Crippen molar-refractivity contribution >= 4 is 27.8 Å². The van der Waals surface area contributed by atoms with Crippen LogP contribution in [0.3, 0.4) is 0 Å². The highest BCUT2D eigenvalue weighted by atomic mass is 15.1. The van der Waals surface area contributed by atoms with Gasteiger partial charge in [0.1, 0.15) is 0 Å². The van der Waals surface area contributed by atoms with Gasteiger partial charge >= 0.3 is 0 Å². The molecule has 1 nitrogen and oxygen atoms in total. The quantitative estimate of drug-likeness (QED) is 0.148. The summed E-state index contributed by atoms with van der Waals surface area (Å²) in [5.41, 5.74) is 20.7. The van der Waals surface area contributed by atoms with Crippen LogP contribution in [0.15, 0.2) is 237 Å². The second-order valence-corrected chi connectivity index (χ2v) is 16.8. The Bertz CT molecular complexity index is 3230. The molecule has 0 aromatic heterocycles. The summed E-state index contributed by atoms with van der Waals surface area (Å²) in [5.74, 6) is 0. The first-order valence-electron chi connectivity index (χ1n) is 21.6. The van der Waals surface area contributed by atoms with Crippen LogP contribution in [0.2, 0.25) is 0 Å². The summed E-state index contributed by atoms with van der Waals surface area (Å²) in [6.45, 7) is 4.81. The molecule has 294 valence electrons. The van der Waals surface area contributed by atoms with Crippen LogP contribution in [0.1, 0.15) is 25.0 Å². The Labute approximate surface area is 364 Å². The van der Waals surface area contributed by atoms with Crippen LogP contribution in [0.4, 0.5) is 17.1 Å². The van der Waals surface area contributed by atoms with Gasteiger partial charge in [0.25, 0.3) is 0 Å². The maximum atomic E-state index is 2.45. The number of fused-ring (bicyclic) bond motifs is 4. The number of rotatable bonds is 8. The van der Waals surface area contributed by atoms with Gasteiger partial charge in [-0.25, -0.2) is 0 Å². The molecule has 0 saturated carbocycles. The van der Waals surface area contributed by atoms with Crippen LogP contribution >= 0.6 is 0 Å². The van der Waals surface area contributed by atoms with Crippen molar-refractivity contribution in [3.05, 3.63) is 248 Å². The summed E-state index contributed by atoms with van der Waals surface area (Å²) >= 11 is 0. The number of nitrogens with zero attached hydrogens (tertiary/aromatic N) is 1. The van der Waals surface area contributed by atoms with Gasteiger partial charge in [-0.2, -0.15) is 0 Å². The fourth-order valence-electron chi connectivity index (χ4n) is 10.0. The van der Waals surface area contributed by atoms with Crippen LogP contribution in [0, 0.1) is 0 Å². The average molecular weight is 792 g/mol. The van der Waals surface area contributed by atoms with E-state index < -0.39 is 0 Å². The lowest BCUT2D eigenvalue weighted by Crippen LogP contribution is -2.18. The number of hydrogen-bond donors (Lipinski definition) is 0. The predicted molar refractivity (Wildman–Crippen MR) is 263 cm³/mol. The fourth-order valence-corrected chi connectivity index (χ4v) is 10.0. The zero-order valence-corrected chi connectivity index (χ0v) is 35.0. The molecule has 0 radical (unpaired) electrons. The highest BCUT2D eigenvalue weighted by molar-refractivity contribution is 6.06. The van der Waals surface area contributed by atoms with E-state index in [0.717, 1.165) is 17.1 Å². The molecule has 62 heavy (non-hydrogen) atoms. The van der Waals surface area contributed by atoms with Gasteiger partial charge in [-0.3, -0.25) is 0 Å². The maximum absolute atomic E-state index is 2.45. The van der Waals surface area contributed by atoms with Crippen molar-refractivity contribution < 1.29 is 0 Å². The van der Waals surface area contributed by atoms with Crippen LogP contribution in [-0.2, 0) is 5.41 Å². The molecule has 11 rings (SSSR count). The largest absolute Gasteiger partial charge is 0.310 e. The topological polar surface area (TPSA) is 3.24 Å². The van der Waals surface area contributed by atoms with Crippen molar-refractivity contribution in [3.8, 4) is 66.8 Å². The molecule has 0 heterocycles. The first-order chi connectivity index (χ1) is 30.5. The summed E-state index contributed by atoms with van der Waals surface area (Å²) in [7, 11) is 0. The van der Waals surface area contributed by atoms with Gasteiger partial charge < -0.3 is 4.90 Å². The van der Waals surface area contributed by atoms with Crippen LogP contribution in [-0.4, -0.2) is 0 Å². The summed E-state index contributed by atoms with van der Waals surface area (Å²) in [6, 6.07) is 86.5. The third-order valence-corrected chi connectivity index (χ3v) is 12.9. The lowest BCUT2D eigenvalue weighted by molar-refractivity contribution is 0.662. The van der Waals surface area contributed by atoms with Crippen LogP contribution in [0.25, 0.3) is 77.5 Å². The van der Waals surface area contributed by atoms with Crippen molar-refractivity contribution in [2.24, 2.45) is 0 Å². The molecule has 0 amide bonds. The normalized spacial score (nSPS) is 12.5. The van der Waals surface area contributed by atoms with Crippen molar-refractivity contribution in [1.29, 1.82) is 0 Å². The average Bonchev–Trinajstić information content (AvgIpc) is 3.57. The molecule has 0 saturated heterocycles. The van der Waals surface area contributed by atoms with Crippen LogP contribution < -0.4 is 4.90 Å². The molecule has 10 aromatic carbocycles. The lowest BCUT2D eigenvalue weighted by atomic mass is 9.78. The number of anilines is 3. The molecule has 0 spiro atoms. The number of para-hydroxylation sites is 1. The molecule has 0 atom stereocenters. The Morgan fingerprint density at radius 1 is 0.306 bits per heavy atom. The van der Waals surface area contributed by atoms with E-state index in [4.69, 9.17) is 0 Å². The Kier molecular flexibility index (Phi) is 9.24. The Morgan fingerprint density at radius 3 is 1.37 bits per heavy atom. The van der Waals surface area contributed by atoms with Gasteiger partial charge in [0.05, 0.1) is 5.69 Å². The second kappa shape index (κ2) is 15.4. The van der Waals surface area contributed by atoms with E-state index in [0.29, 0.717) is 0 Å². The number of hydrogen-bond acceptors (Lipinski definition) is 1. The number of benzene rings is 10. The maximum Gasteiger partial charge on any atom is 0.0540 e. The molecule has 0 bridgehead atoms. The Balaban J connectivity index is 1.06. The van der Waals surface area contributed by atoms with Crippen molar-refractivity contribution in [3.63, 3.8) is 0 Å². The van der Waals surface area contributed by atoms with E-state index >= 15 is 0 Å². The van der Waals surface area contributed by atoms with Gasteiger partial charge in [-0.15, -0.1) is 0 Å². The van der Waals surface area contributed by atoms with E-state index in [2.05, 4.69) is 255 Å². The van der Waals surface area contributed by atoms with Crippen molar-refractivity contribution in [2.75, 3.05) is 4.90 Å².